The van der Waals surface area contributed by atoms with Crippen molar-refractivity contribution >= 4 is 10.9 Å². The van der Waals surface area contributed by atoms with Crippen molar-refractivity contribution in [2.24, 2.45) is 5.73 Å². The minimum atomic E-state index is 0.191. The van der Waals surface area contributed by atoms with Crippen LogP contribution in [-0.2, 0) is 6.54 Å². The Bertz CT molecular complexity index is 765. The molecule has 1 aliphatic rings. The molecule has 22 heavy (non-hydrogen) atoms. The Balaban J connectivity index is 1.53. The van der Waals surface area contributed by atoms with Crippen molar-refractivity contribution in [1.29, 1.82) is 0 Å². The first-order valence-corrected chi connectivity index (χ1v) is 7.76. The minimum absolute atomic E-state index is 0.191. The molecule has 1 aromatic heterocycles. The lowest BCUT2D eigenvalue weighted by Gasteiger charge is -2.15. The maximum atomic E-state index is 6.38. The number of para-hydroxylation sites is 1. The Morgan fingerprint density at radius 2 is 1.82 bits per heavy atom. The molecule has 0 amide bonds. The van der Waals surface area contributed by atoms with Gasteiger partial charge in [0.1, 0.15) is 0 Å². The summed E-state index contributed by atoms with van der Waals surface area (Å²) in [6, 6.07) is 19.0. The molecule has 3 aromatic rings. The molecule has 2 aromatic carbocycles. The van der Waals surface area contributed by atoms with E-state index in [4.69, 9.17) is 5.73 Å². The molecule has 1 fully saturated rings. The average molecular weight is 292 g/mol. The van der Waals surface area contributed by atoms with Crippen molar-refractivity contribution in [3.05, 3.63) is 65.9 Å². The highest BCUT2D eigenvalue weighted by Crippen LogP contribution is 2.28. The number of nitrogens with two attached hydrogens (primary N) is 1. The van der Waals surface area contributed by atoms with Crippen LogP contribution >= 0.6 is 0 Å². The largest absolute Gasteiger partial charge is 0.326 e. The lowest BCUT2D eigenvalue weighted by molar-refractivity contribution is 0.320. The van der Waals surface area contributed by atoms with Gasteiger partial charge in [0.25, 0.3) is 0 Å². The molecular formula is C18H20N4. The molecule has 3 N–H and O–H groups in total. The molecular weight excluding hydrogens is 272 g/mol. The highest BCUT2D eigenvalue weighted by Gasteiger charge is 2.31. The third kappa shape index (κ3) is 2.40. The molecule has 1 aliphatic heterocycles. The van der Waals surface area contributed by atoms with Crippen LogP contribution in [0.2, 0.25) is 0 Å². The topological polar surface area (TPSA) is 57.9 Å². The maximum Gasteiger partial charge on any atom is 0.0924 e. The molecule has 2 unspecified atom stereocenters. The second kappa shape index (κ2) is 5.55. The highest BCUT2D eigenvalue weighted by atomic mass is 15.2. The number of nitrogens with one attached hydrogen (secondary N) is 1. The van der Waals surface area contributed by atoms with Crippen LogP contribution in [0, 0.1) is 0 Å². The summed E-state index contributed by atoms with van der Waals surface area (Å²) >= 11 is 0. The number of fused-ring (bicyclic) bond motifs is 1. The molecule has 0 spiro atoms. The summed E-state index contributed by atoms with van der Waals surface area (Å²) in [5.74, 6) is 0.412. The normalized spacial score (nSPS) is 22.4. The van der Waals surface area contributed by atoms with E-state index >= 15 is 0 Å². The molecule has 0 saturated carbocycles. The van der Waals surface area contributed by atoms with Crippen LogP contribution < -0.4 is 5.73 Å². The van der Waals surface area contributed by atoms with Crippen molar-refractivity contribution in [3.63, 3.8) is 0 Å². The number of likely N-dealkylation sites (tertiary alicyclic amines) is 1. The van der Waals surface area contributed by atoms with Gasteiger partial charge in [0, 0.05) is 37.0 Å². The van der Waals surface area contributed by atoms with E-state index in [0.29, 0.717) is 5.92 Å². The number of hydrogen-bond acceptors (Lipinski definition) is 3. The van der Waals surface area contributed by atoms with E-state index in [2.05, 4.69) is 57.6 Å². The van der Waals surface area contributed by atoms with Crippen LogP contribution in [-0.4, -0.2) is 34.2 Å². The summed E-state index contributed by atoms with van der Waals surface area (Å²) in [6.45, 7) is 2.79. The SMILES string of the molecule is NC1CN(Cc2[nH]nc3ccccc23)CC1c1ccccc1. The second-order valence-electron chi connectivity index (χ2n) is 6.09. The Labute approximate surface area is 129 Å². The zero-order valence-electron chi connectivity index (χ0n) is 12.4. The number of aromatic nitrogens is 2. The van der Waals surface area contributed by atoms with Crippen LogP contribution in [0.1, 0.15) is 17.2 Å². The highest BCUT2D eigenvalue weighted by molar-refractivity contribution is 5.81. The molecule has 4 rings (SSSR count). The van der Waals surface area contributed by atoms with E-state index in [1.54, 1.807) is 0 Å². The molecule has 112 valence electrons. The van der Waals surface area contributed by atoms with Crippen LogP contribution in [0.3, 0.4) is 0 Å². The smallest absolute Gasteiger partial charge is 0.0924 e. The van der Waals surface area contributed by atoms with Crippen molar-refractivity contribution in [3.8, 4) is 0 Å². The summed E-state index contributed by atoms with van der Waals surface area (Å²) in [7, 11) is 0. The predicted octanol–water partition coefficient (Wildman–Crippen LogP) is 2.49. The number of nitrogens with zero attached hydrogens (tertiary/aromatic N) is 2. The van der Waals surface area contributed by atoms with E-state index in [1.807, 2.05) is 12.1 Å². The van der Waals surface area contributed by atoms with E-state index in [-0.39, 0.29) is 6.04 Å². The number of benzene rings is 2. The first kappa shape index (κ1) is 13.5. The summed E-state index contributed by atoms with van der Waals surface area (Å²) in [5, 5.41) is 8.76. The van der Waals surface area contributed by atoms with E-state index < -0.39 is 0 Å². The lowest BCUT2D eigenvalue weighted by Crippen LogP contribution is -2.28. The van der Waals surface area contributed by atoms with Crippen molar-refractivity contribution in [2.45, 2.75) is 18.5 Å². The monoisotopic (exact) mass is 292 g/mol. The molecule has 4 heteroatoms. The first-order valence-electron chi connectivity index (χ1n) is 7.76. The summed E-state index contributed by atoms with van der Waals surface area (Å²) in [6.07, 6.45) is 0. The fourth-order valence-corrected chi connectivity index (χ4v) is 3.45. The third-order valence-corrected chi connectivity index (χ3v) is 4.59. The van der Waals surface area contributed by atoms with Crippen molar-refractivity contribution in [2.75, 3.05) is 13.1 Å². The van der Waals surface area contributed by atoms with Gasteiger partial charge in [-0.05, 0) is 11.6 Å². The maximum absolute atomic E-state index is 6.38. The van der Waals surface area contributed by atoms with E-state index in [9.17, 15) is 0 Å². The van der Waals surface area contributed by atoms with Crippen LogP contribution in [0.4, 0.5) is 0 Å². The number of H-pyrrole nitrogens is 1. The molecule has 2 atom stereocenters. The molecule has 0 radical (unpaired) electrons. The quantitative estimate of drug-likeness (QED) is 0.780. The first-order chi connectivity index (χ1) is 10.8. The van der Waals surface area contributed by atoms with Gasteiger partial charge in [0.15, 0.2) is 0 Å². The van der Waals surface area contributed by atoms with Gasteiger partial charge in [0.2, 0.25) is 0 Å². The summed E-state index contributed by atoms with van der Waals surface area (Å²) in [4.78, 5) is 2.42. The molecule has 2 heterocycles. The average Bonchev–Trinajstić information content (AvgIpc) is 3.13. The summed E-state index contributed by atoms with van der Waals surface area (Å²) < 4.78 is 0. The molecule has 0 aliphatic carbocycles. The number of hydrogen-bond donors (Lipinski definition) is 2. The second-order valence-corrected chi connectivity index (χ2v) is 6.09. The van der Waals surface area contributed by atoms with Gasteiger partial charge in [-0.1, -0.05) is 48.5 Å². The Hall–Kier alpha value is -2.17. The van der Waals surface area contributed by atoms with Crippen LogP contribution in [0.25, 0.3) is 10.9 Å². The van der Waals surface area contributed by atoms with Gasteiger partial charge in [-0.15, -0.1) is 0 Å². The molecule has 0 bridgehead atoms. The Morgan fingerprint density at radius 1 is 1.05 bits per heavy atom. The fourth-order valence-electron chi connectivity index (χ4n) is 3.45. The fraction of sp³-hybridized carbons (Fsp3) is 0.278. The van der Waals surface area contributed by atoms with Crippen LogP contribution in [0.5, 0.6) is 0 Å². The van der Waals surface area contributed by atoms with Gasteiger partial charge in [-0.25, -0.2) is 0 Å². The summed E-state index contributed by atoms with van der Waals surface area (Å²) in [5.41, 5.74) is 9.92. The molecule has 4 nitrogen and oxygen atoms in total. The standard InChI is InChI=1S/C18H20N4/c19-16-11-22(10-15(16)13-6-2-1-3-7-13)12-18-14-8-4-5-9-17(14)20-21-18/h1-9,15-16H,10-12,19H2,(H,20,21). The van der Waals surface area contributed by atoms with E-state index in [1.165, 1.54) is 16.6 Å². The lowest BCUT2D eigenvalue weighted by atomic mass is 9.95. The van der Waals surface area contributed by atoms with Crippen molar-refractivity contribution < 1.29 is 0 Å². The molecule has 1 saturated heterocycles. The van der Waals surface area contributed by atoms with E-state index in [0.717, 1.165) is 25.2 Å². The zero-order chi connectivity index (χ0) is 14.9. The predicted molar refractivity (Wildman–Crippen MR) is 88.5 cm³/mol. The number of aromatic amines is 1. The Morgan fingerprint density at radius 3 is 2.68 bits per heavy atom. The van der Waals surface area contributed by atoms with Gasteiger partial charge >= 0.3 is 0 Å². The van der Waals surface area contributed by atoms with Gasteiger partial charge in [0.05, 0.1) is 11.2 Å². The van der Waals surface area contributed by atoms with Crippen LogP contribution in [0.15, 0.2) is 54.6 Å². The van der Waals surface area contributed by atoms with Crippen molar-refractivity contribution in [1.82, 2.24) is 15.1 Å². The Kier molecular flexibility index (Phi) is 3.41. The number of rotatable bonds is 3. The third-order valence-electron chi connectivity index (χ3n) is 4.59. The zero-order valence-corrected chi connectivity index (χ0v) is 12.4. The minimum Gasteiger partial charge on any atom is -0.326 e. The van der Waals surface area contributed by atoms with Gasteiger partial charge in [-0.3, -0.25) is 10.00 Å². The van der Waals surface area contributed by atoms with Gasteiger partial charge < -0.3 is 5.73 Å². The van der Waals surface area contributed by atoms with Gasteiger partial charge in [-0.2, -0.15) is 5.10 Å².